The zero-order valence-electron chi connectivity index (χ0n) is 18.1. The van der Waals surface area contributed by atoms with Gasteiger partial charge in [0.25, 0.3) is 0 Å². The normalized spacial score (nSPS) is 24.9. The molecule has 1 fully saturated rings. The van der Waals surface area contributed by atoms with Gasteiger partial charge in [0, 0.05) is 25.0 Å². The molecule has 160 valence electrons. The predicted octanol–water partition coefficient (Wildman–Crippen LogP) is 4.97. The first-order valence-corrected chi connectivity index (χ1v) is 11.0. The standard InChI is InChI=1S/C23H38O5/c1-5-23(3,4)22(25)27-14-10-8-6-7-9-13-26-18-11-12-19-17(2)15-21(24)28-20(19)16-18/h15,18-20H,5-14,16H2,1-4H3. The number of rotatable bonds is 11. The Bertz CT molecular complexity index is 551. The van der Waals surface area contributed by atoms with Crippen molar-refractivity contribution in [2.24, 2.45) is 11.3 Å². The number of carbonyl (C=O) groups excluding carboxylic acids is 2. The number of carbonyl (C=O) groups is 2. The van der Waals surface area contributed by atoms with Crippen LogP contribution in [0.15, 0.2) is 11.6 Å². The maximum atomic E-state index is 11.9. The van der Waals surface area contributed by atoms with E-state index in [1.807, 2.05) is 27.7 Å². The Kier molecular flexibility index (Phi) is 9.00. The van der Waals surface area contributed by atoms with Crippen molar-refractivity contribution in [3.05, 3.63) is 11.6 Å². The van der Waals surface area contributed by atoms with Crippen LogP contribution in [0.2, 0.25) is 0 Å². The maximum Gasteiger partial charge on any atom is 0.330 e. The Balaban J connectivity index is 1.48. The van der Waals surface area contributed by atoms with E-state index in [0.717, 1.165) is 70.0 Å². The van der Waals surface area contributed by atoms with Crippen molar-refractivity contribution in [2.75, 3.05) is 13.2 Å². The number of ether oxygens (including phenoxy) is 3. The second kappa shape index (κ2) is 11.0. The van der Waals surface area contributed by atoms with Gasteiger partial charge in [-0.3, -0.25) is 4.79 Å². The third kappa shape index (κ3) is 6.91. The Morgan fingerprint density at radius 2 is 1.82 bits per heavy atom. The average Bonchev–Trinajstić information content (AvgIpc) is 2.65. The van der Waals surface area contributed by atoms with E-state index in [4.69, 9.17) is 14.2 Å². The number of unbranched alkanes of at least 4 members (excludes halogenated alkanes) is 4. The zero-order valence-corrected chi connectivity index (χ0v) is 18.1. The molecule has 0 aromatic rings. The Morgan fingerprint density at radius 1 is 1.14 bits per heavy atom. The number of esters is 2. The molecule has 0 amide bonds. The Labute approximate surface area is 170 Å². The van der Waals surface area contributed by atoms with Gasteiger partial charge in [-0.1, -0.05) is 31.8 Å². The Hall–Kier alpha value is -1.36. The fourth-order valence-corrected chi connectivity index (χ4v) is 3.86. The van der Waals surface area contributed by atoms with Crippen LogP contribution in [0, 0.1) is 11.3 Å². The van der Waals surface area contributed by atoms with E-state index in [1.165, 1.54) is 0 Å². The van der Waals surface area contributed by atoms with E-state index in [-0.39, 0.29) is 29.6 Å². The molecule has 0 radical (unpaired) electrons. The largest absolute Gasteiger partial charge is 0.465 e. The van der Waals surface area contributed by atoms with Crippen molar-refractivity contribution >= 4 is 11.9 Å². The topological polar surface area (TPSA) is 61.8 Å². The van der Waals surface area contributed by atoms with Crippen molar-refractivity contribution in [1.29, 1.82) is 0 Å². The summed E-state index contributed by atoms with van der Waals surface area (Å²) in [5, 5.41) is 0. The van der Waals surface area contributed by atoms with Crippen molar-refractivity contribution in [3.63, 3.8) is 0 Å². The molecule has 28 heavy (non-hydrogen) atoms. The van der Waals surface area contributed by atoms with Gasteiger partial charge >= 0.3 is 11.9 Å². The number of fused-ring (bicyclic) bond motifs is 1. The van der Waals surface area contributed by atoms with Crippen LogP contribution in [0.4, 0.5) is 0 Å². The molecule has 0 aromatic carbocycles. The van der Waals surface area contributed by atoms with Crippen LogP contribution < -0.4 is 0 Å². The summed E-state index contributed by atoms with van der Waals surface area (Å²) in [6.07, 6.45) is 10.9. The van der Waals surface area contributed by atoms with Crippen molar-refractivity contribution < 1.29 is 23.8 Å². The molecule has 1 heterocycles. The molecule has 0 bridgehead atoms. The predicted molar refractivity (Wildman–Crippen MR) is 109 cm³/mol. The van der Waals surface area contributed by atoms with Gasteiger partial charge in [-0.05, 0) is 52.9 Å². The first-order valence-electron chi connectivity index (χ1n) is 11.0. The molecule has 1 aliphatic carbocycles. The molecule has 0 saturated heterocycles. The molecular weight excluding hydrogens is 356 g/mol. The molecule has 3 atom stereocenters. The minimum Gasteiger partial charge on any atom is -0.465 e. The smallest absolute Gasteiger partial charge is 0.330 e. The highest BCUT2D eigenvalue weighted by molar-refractivity contribution is 5.84. The maximum absolute atomic E-state index is 11.9. The lowest BCUT2D eigenvalue weighted by Gasteiger charge is -2.38. The van der Waals surface area contributed by atoms with Gasteiger partial charge < -0.3 is 14.2 Å². The van der Waals surface area contributed by atoms with Gasteiger partial charge in [-0.2, -0.15) is 0 Å². The minimum atomic E-state index is -0.374. The van der Waals surface area contributed by atoms with Gasteiger partial charge in [0.1, 0.15) is 6.10 Å². The molecule has 0 aromatic heterocycles. The van der Waals surface area contributed by atoms with Gasteiger partial charge in [0.15, 0.2) is 0 Å². The number of hydrogen-bond acceptors (Lipinski definition) is 5. The van der Waals surface area contributed by atoms with Crippen LogP contribution in [0.3, 0.4) is 0 Å². The van der Waals surface area contributed by atoms with Gasteiger partial charge in [-0.15, -0.1) is 0 Å². The SMILES string of the molecule is CCC(C)(C)C(=O)OCCCCCCCOC1CCC2C(C)=CC(=O)OC2C1. The lowest BCUT2D eigenvalue weighted by molar-refractivity contribution is -0.154. The van der Waals surface area contributed by atoms with Crippen LogP contribution in [-0.2, 0) is 23.8 Å². The first-order chi connectivity index (χ1) is 13.3. The minimum absolute atomic E-state index is 0.00311. The molecule has 3 unspecified atom stereocenters. The highest BCUT2D eigenvalue weighted by atomic mass is 16.5. The fourth-order valence-electron chi connectivity index (χ4n) is 3.86. The van der Waals surface area contributed by atoms with E-state index >= 15 is 0 Å². The van der Waals surface area contributed by atoms with Gasteiger partial charge in [0.05, 0.1) is 18.1 Å². The van der Waals surface area contributed by atoms with Crippen LogP contribution in [0.1, 0.15) is 85.5 Å². The summed E-state index contributed by atoms with van der Waals surface area (Å²) in [5.41, 5.74) is 0.783. The van der Waals surface area contributed by atoms with Crippen LogP contribution >= 0.6 is 0 Å². The van der Waals surface area contributed by atoms with Crippen LogP contribution in [0.25, 0.3) is 0 Å². The van der Waals surface area contributed by atoms with Crippen LogP contribution in [-0.4, -0.2) is 37.4 Å². The highest BCUT2D eigenvalue weighted by Gasteiger charge is 2.37. The second-order valence-corrected chi connectivity index (χ2v) is 8.92. The zero-order chi connectivity index (χ0) is 20.6. The quantitative estimate of drug-likeness (QED) is 0.366. The summed E-state index contributed by atoms with van der Waals surface area (Å²) in [7, 11) is 0. The fraction of sp³-hybridized carbons (Fsp3) is 0.826. The molecule has 1 aliphatic heterocycles. The summed E-state index contributed by atoms with van der Waals surface area (Å²) in [5.74, 6) is 0.0883. The van der Waals surface area contributed by atoms with E-state index in [0.29, 0.717) is 12.5 Å². The molecule has 5 nitrogen and oxygen atoms in total. The molecule has 0 N–H and O–H groups in total. The molecule has 2 rings (SSSR count). The van der Waals surface area contributed by atoms with Crippen molar-refractivity contribution in [3.8, 4) is 0 Å². The summed E-state index contributed by atoms with van der Waals surface area (Å²) < 4.78 is 16.9. The lowest BCUT2D eigenvalue weighted by atomic mass is 9.79. The summed E-state index contributed by atoms with van der Waals surface area (Å²) in [4.78, 5) is 23.5. The summed E-state index contributed by atoms with van der Waals surface area (Å²) in [6.45, 7) is 9.19. The Morgan fingerprint density at radius 3 is 2.54 bits per heavy atom. The average molecular weight is 395 g/mol. The van der Waals surface area contributed by atoms with E-state index in [1.54, 1.807) is 6.08 Å². The highest BCUT2D eigenvalue weighted by Crippen LogP contribution is 2.36. The van der Waals surface area contributed by atoms with E-state index in [2.05, 4.69) is 0 Å². The third-order valence-electron chi connectivity index (χ3n) is 6.25. The summed E-state index contributed by atoms with van der Waals surface area (Å²) >= 11 is 0. The first kappa shape index (κ1) is 22.9. The van der Waals surface area contributed by atoms with Crippen molar-refractivity contribution in [1.82, 2.24) is 0 Å². The van der Waals surface area contributed by atoms with E-state index in [9.17, 15) is 9.59 Å². The van der Waals surface area contributed by atoms with Gasteiger partial charge in [-0.25, -0.2) is 4.79 Å². The third-order valence-corrected chi connectivity index (χ3v) is 6.25. The van der Waals surface area contributed by atoms with Crippen LogP contribution in [0.5, 0.6) is 0 Å². The second-order valence-electron chi connectivity index (χ2n) is 8.92. The molecule has 5 heteroatoms. The van der Waals surface area contributed by atoms with Crippen molar-refractivity contribution in [2.45, 2.75) is 97.7 Å². The molecular formula is C23H38O5. The lowest BCUT2D eigenvalue weighted by Crippen LogP contribution is -2.39. The number of hydrogen-bond donors (Lipinski definition) is 0. The molecule has 2 aliphatic rings. The summed E-state index contributed by atoms with van der Waals surface area (Å²) in [6, 6.07) is 0. The van der Waals surface area contributed by atoms with E-state index < -0.39 is 0 Å². The van der Waals surface area contributed by atoms with Gasteiger partial charge in [0.2, 0.25) is 0 Å². The molecule has 1 saturated carbocycles. The monoisotopic (exact) mass is 394 g/mol. The molecule has 0 spiro atoms.